The Hall–Kier alpha value is -9.42. The molecule has 13 aromatic rings. The zero-order chi connectivity index (χ0) is 65.7. The molecule has 0 bridgehead atoms. The quantitative estimate of drug-likeness (QED) is 0.111. The summed E-state index contributed by atoms with van der Waals surface area (Å²) < 4.78 is 2.64. The van der Waals surface area contributed by atoms with Gasteiger partial charge in [0.15, 0.2) is 0 Å². The van der Waals surface area contributed by atoms with Crippen LogP contribution in [0.25, 0.3) is 65.0 Å². The molecule has 0 fully saturated rings. The molecule has 3 heterocycles. The molecule has 0 N–H and O–H groups in total. The van der Waals surface area contributed by atoms with Crippen LogP contribution in [0.3, 0.4) is 0 Å². The van der Waals surface area contributed by atoms with Gasteiger partial charge in [-0.2, -0.15) is 0 Å². The molecule has 2 aliphatic heterocycles. The fourth-order valence-electron chi connectivity index (χ4n) is 15.9. The normalized spacial score (nSPS) is 14.8. The van der Waals surface area contributed by atoms with Gasteiger partial charge >= 0.3 is 0 Å². The average Bonchev–Trinajstić information content (AvgIpc) is 1.68. The summed E-state index contributed by atoms with van der Waals surface area (Å²) >= 11 is 1.97. The zero-order valence-corrected chi connectivity index (χ0v) is 58.2. The molecular weight excluding hydrogens is 1170 g/mol. The minimum atomic E-state index is -0.118. The van der Waals surface area contributed by atoms with Crippen molar-refractivity contribution in [2.45, 2.75) is 130 Å². The van der Waals surface area contributed by atoms with Gasteiger partial charge in [0.25, 0.3) is 6.71 Å². The molecular formula is C90H84BN3S. The minimum absolute atomic E-state index is 0.00579. The van der Waals surface area contributed by atoms with Gasteiger partial charge in [0.1, 0.15) is 0 Å². The number of rotatable bonds is 8. The summed E-state index contributed by atoms with van der Waals surface area (Å²) in [6.07, 6.45) is 2.23. The lowest BCUT2D eigenvalue weighted by Gasteiger charge is -2.46. The standard InChI is InChI=1S/C90H84BN3S/c1-86(2,3)61-36-41-64(42-37-61)92(77-47-40-63(88(7,8)9)53-72(77)71-52-60-29-20-21-30-67(60)68-31-22-23-32-69(68)71)66-45-46-76-81(54-66)94(80-56-75-74(89(10,11)49-50-90(75,12)13)55-70(80)58-27-18-15-19-28-58)79-34-24-33-78-83(79)91(76)85-84(93(78)65-43-38-62(39-44-65)87(4,5)6)73-51-59(35-48-82(73)95-85)57-25-16-14-17-26-57/h14-48,51-56H,49-50H2,1-13H3. The molecule has 3 aliphatic rings. The number of hydrogen-bond acceptors (Lipinski definition) is 4. The van der Waals surface area contributed by atoms with Gasteiger partial charge in [0, 0.05) is 60.1 Å². The van der Waals surface area contributed by atoms with Crippen LogP contribution >= 0.6 is 11.3 Å². The molecule has 0 atom stereocenters. The lowest BCUT2D eigenvalue weighted by Crippen LogP contribution is -2.60. The molecule has 0 saturated carbocycles. The van der Waals surface area contributed by atoms with Crippen LogP contribution in [-0.4, -0.2) is 6.71 Å². The Morgan fingerprint density at radius 2 is 0.958 bits per heavy atom. The summed E-state index contributed by atoms with van der Waals surface area (Å²) in [5.41, 5.74) is 27.0. The Bertz CT molecular complexity index is 5190. The van der Waals surface area contributed by atoms with Crippen molar-refractivity contribution in [1.29, 1.82) is 0 Å². The Morgan fingerprint density at radius 3 is 1.62 bits per heavy atom. The second-order valence-corrected chi connectivity index (χ2v) is 32.7. The van der Waals surface area contributed by atoms with Crippen molar-refractivity contribution < 1.29 is 0 Å². The minimum Gasteiger partial charge on any atom is -0.311 e. The summed E-state index contributed by atoms with van der Waals surface area (Å²) in [4.78, 5) is 7.92. The van der Waals surface area contributed by atoms with Gasteiger partial charge in [0.05, 0.1) is 17.1 Å². The number of hydrogen-bond donors (Lipinski definition) is 0. The van der Waals surface area contributed by atoms with Crippen molar-refractivity contribution in [2.75, 3.05) is 14.7 Å². The first-order valence-electron chi connectivity index (χ1n) is 34.3. The highest BCUT2D eigenvalue weighted by molar-refractivity contribution is 7.33. The predicted octanol–water partition coefficient (Wildman–Crippen LogP) is 24.0. The van der Waals surface area contributed by atoms with E-state index in [4.69, 9.17) is 0 Å². The van der Waals surface area contributed by atoms with E-state index in [1.165, 1.54) is 137 Å². The topological polar surface area (TPSA) is 9.72 Å². The van der Waals surface area contributed by atoms with E-state index < -0.39 is 0 Å². The highest BCUT2D eigenvalue weighted by atomic mass is 32.1. The Kier molecular flexibility index (Phi) is 14.1. The summed E-state index contributed by atoms with van der Waals surface area (Å²) in [7, 11) is 0. The lowest BCUT2D eigenvalue weighted by atomic mass is 9.36. The van der Waals surface area contributed by atoms with E-state index in [0.29, 0.717) is 0 Å². The van der Waals surface area contributed by atoms with Gasteiger partial charge in [-0.15, -0.1) is 11.3 Å². The van der Waals surface area contributed by atoms with E-state index in [2.05, 4.69) is 353 Å². The van der Waals surface area contributed by atoms with Crippen LogP contribution in [0, 0.1) is 0 Å². The summed E-state index contributed by atoms with van der Waals surface area (Å²) in [6, 6.07) is 96.0. The number of thiophene rings is 1. The second kappa shape index (κ2) is 22.1. The maximum atomic E-state index is 2.71. The molecule has 1 aromatic heterocycles. The molecule has 468 valence electrons. The van der Waals surface area contributed by atoms with Crippen LogP contribution in [-0.2, 0) is 27.1 Å². The van der Waals surface area contributed by atoms with Crippen molar-refractivity contribution >= 4 is 117 Å². The van der Waals surface area contributed by atoms with E-state index in [-0.39, 0.29) is 33.8 Å². The third kappa shape index (κ3) is 10.1. The Balaban J connectivity index is 1.02. The zero-order valence-electron chi connectivity index (χ0n) is 57.4. The molecule has 0 amide bonds. The van der Waals surface area contributed by atoms with E-state index >= 15 is 0 Å². The van der Waals surface area contributed by atoms with Crippen molar-refractivity contribution in [2.24, 2.45) is 0 Å². The number of benzene rings is 12. The molecule has 0 spiro atoms. The second-order valence-electron chi connectivity index (χ2n) is 31.6. The van der Waals surface area contributed by atoms with Gasteiger partial charge in [0.2, 0.25) is 0 Å². The molecule has 16 rings (SSSR count). The van der Waals surface area contributed by atoms with Crippen LogP contribution in [0.15, 0.2) is 249 Å². The van der Waals surface area contributed by atoms with Crippen molar-refractivity contribution in [1.82, 2.24) is 0 Å². The SMILES string of the molecule is CC(C)(C)c1ccc(N(c2ccc3c(c2)N(c2cc4c(cc2-c2ccccc2)C(C)(C)CCC4(C)C)c2cccc4c2B3c2sc3ccc(-c5ccccc5)cc3c2N4c2ccc(C(C)(C)C)cc2)c2ccc(C(C)(C)C)cc2-c2cc3ccccc3c3ccccc23)cc1. The molecule has 5 heteroatoms. The van der Waals surface area contributed by atoms with Gasteiger partial charge < -0.3 is 14.7 Å². The largest absolute Gasteiger partial charge is 0.311 e. The third-order valence-corrected chi connectivity index (χ3v) is 22.6. The highest BCUT2D eigenvalue weighted by Crippen LogP contribution is 2.56. The van der Waals surface area contributed by atoms with Gasteiger partial charge in [-0.25, -0.2) is 0 Å². The molecule has 95 heavy (non-hydrogen) atoms. The van der Waals surface area contributed by atoms with Crippen molar-refractivity contribution in [3.8, 4) is 33.4 Å². The molecule has 12 aromatic carbocycles. The molecule has 3 nitrogen and oxygen atoms in total. The van der Waals surface area contributed by atoms with Crippen LogP contribution in [0.4, 0.5) is 51.2 Å². The first kappa shape index (κ1) is 60.5. The summed E-state index contributed by atoms with van der Waals surface area (Å²) in [5, 5.41) is 6.26. The number of fused-ring (bicyclic) bond motifs is 10. The fraction of sp³-hybridized carbons (Fsp3) is 0.222. The molecule has 1 aliphatic carbocycles. The number of nitrogens with zero attached hydrogens (tertiary/aromatic N) is 3. The van der Waals surface area contributed by atoms with Crippen molar-refractivity contribution in [3.63, 3.8) is 0 Å². The predicted molar refractivity (Wildman–Crippen MR) is 413 cm³/mol. The first-order valence-corrected chi connectivity index (χ1v) is 35.1. The van der Waals surface area contributed by atoms with E-state index in [1.54, 1.807) is 0 Å². The van der Waals surface area contributed by atoms with Gasteiger partial charge in [-0.3, -0.25) is 0 Å². The maximum absolute atomic E-state index is 2.71. The van der Waals surface area contributed by atoms with Gasteiger partial charge in [-0.05, 0) is 213 Å². The maximum Gasteiger partial charge on any atom is 0.264 e. The van der Waals surface area contributed by atoms with E-state index in [0.717, 1.165) is 35.6 Å². The Labute approximate surface area is 567 Å². The molecule has 0 saturated heterocycles. The lowest BCUT2D eigenvalue weighted by molar-refractivity contribution is 0.332. The van der Waals surface area contributed by atoms with Crippen LogP contribution < -0.4 is 30.4 Å². The monoisotopic (exact) mass is 1250 g/mol. The summed E-state index contributed by atoms with van der Waals surface area (Å²) in [6.45, 7) is 30.7. The van der Waals surface area contributed by atoms with Crippen LogP contribution in [0.5, 0.6) is 0 Å². The van der Waals surface area contributed by atoms with Gasteiger partial charge in [-0.1, -0.05) is 248 Å². The van der Waals surface area contributed by atoms with E-state index in [1.807, 2.05) is 11.3 Å². The smallest absolute Gasteiger partial charge is 0.264 e. The highest BCUT2D eigenvalue weighted by Gasteiger charge is 2.47. The number of anilines is 9. The molecule has 0 radical (unpaired) electrons. The fourth-order valence-corrected chi connectivity index (χ4v) is 17.2. The summed E-state index contributed by atoms with van der Waals surface area (Å²) in [5.74, 6) is 0. The van der Waals surface area contributed by atoms with Crippen LogP contribution in [0.1, 0.15) is 131 Å². The average molecular weight is 1250 g/mol. The third-order valence-electron chi connectivity index (χ3n) is 21.4. The first-order chi connectivity index (χ1) is 45.5. The van der Waals surface area contributed by atoms with E-state index in [9.17, 15) is 0 Å². The molecule has 0 unspecified atom stereocenters. The van der Waals surface area contributed by atoms with Crippen LogP contribution in [0.2, 0.25) is 0 Å². The van der Waals surface area contributed by atoms with Crippen molar-refractivity contribution in [3.05, 3.63) is 277 Å². The Morgan fingerprint density at radius 1 is 0.389 bits per heavy atom.